The molecule has 0 aliphatic heterocycles. The number of benzene rings is 2. The van der Waals surface area contributed by atoms with Crippen molar-refractivity contribution in [3.8, 4) is 0 Å². The number of hydrogen-bond acceptors (Lipinski definition) is 3. The van der Waals surface area contributed by atoms with Gasteiger partial charge < -0.3 is 9.84 Å². The Morgan fingerprint density at radius 2 is 1.40 bits per heavy atom. The zero-order valence-electron chi connectivity index (χ0n) is 17.8. The molecule has 0 radical (unpaired) electrons. The Bertz CT molecular complexity index is 852. The molecule has 2 aromatic rings. The second-order valence-corrected chi connectivity index (χ2v) is 8.01. The summed E-state index contributed by atoms with van der Waals surface area (Å²) in [6.07, 6.45) is 10.3. The average Bonchev–Trinajstić information content (AvgIpc) is 2.85. The molecule has 2 unspecified atom stereocenters. The molecule has 0 heterocycles. The van der Waals surface area contributed by atoms with Crippen LogP contribution in [0.1, 0.15) is 61.5 Å². The molecule has 0 amide bonds. The molecule has 158 valence electrons. The Kier molecular flexibility index (Phi) is 8.46. The first-order chi connectivity index (χ1) is 14.7. The molecule has 4 rings (SSSR count). The zero-order chi connectivity index (χ0) is 21.2. The Hall–Kier alpha value is -2.65. The standard InChI is InChI=1S/C14H16O2.C13H16O/c1-16-14(15)13-9-7-12(8-10-13)11-5-3-2-4-6-11;14-10-11-6-8-13(9-7-11)12-4-2-1-3-5-12/h2-6,9,12H,7-8,10H2,1H3;1-6,13-14H,7-10H2. The SMILES string of the molecule is COC(=O)C1=CCC(c2ccccc2)CC1.OCC1=CCC(c2ccccc2)CC1. The van der Waals surface area contributed by atoms with Gasteiger partial charge in [-0.2, -0.15) is 0 Å². The van der Waals surface area contributed by atoms with Crippen LogP contribution in [-0.2, 0) is 9.53 Å². The van der Waals surface area contributed by atoms with Gasteiger partial charge in [-0.15, -0.1) is 0 Å². The highest BCUT2D eigenvalue weighted by Crippen LogP contribution is 2.32. The van der Waals surface area contributed by atoms with Crippen molar-refractivity contribution in [2.24, 2.45) is 0 Å². The molecule has 0 saturated heterocycles. The van der Waals surface area contributed by atoms with Crippen LogP contribution in [0.2, 0.25) is 0 Å². The maximum Gasteiger partial charge on any atom is 0.333 e. The van der Waals surface area contributed by atoms with Crippen molar-refractivity contribution in [3.05, 3.63) is 95.1 Å². The minimum atomic E-state index is -0.175. The molecule has 3 nitrogen and oxygen atoms in total. The Morgan fingerprint density at radius 3 is 1.80 bits per heavy atom. The molecule has 0 bridgehead atoms. The molecule has 2 aliphatic carbocycles. The van der Waals surface area contributed by atoms with Crippen molar-refractivity contribution in [3.63, 3.8) is 0 Å². The topological polar surface area (TPSA) is 46.5 Å². The second-order valence-electron chi connectivity index (χ2n) is 8.01. The molecule has 0 spiro atoms. The van der Waals surface area contributed by atoms with Crippen molar-refractivity contribution in [2.45, 2.75) is 50.4 Å². The molecule has 3 heteroatoms. The Labute approximate surface area is 180 Å². The number of aliphatic hydroxyl groups excluding tert-OH is 1. The summed E-state index contributed by atoms with van der Waals surface area (Å²) in [6, 6.07) is 21.1. The third-order valence-corrected chi connectivity index (χ3v) is 6.11. The summed E-state index contributed by atoms with van der Waals surface area (Å²) in [7, 11) is 1.44. The van der Waals surface area contributed by atoms with E-state index in [4.69, 9.17) is 9.84 Å². The van der Waals surface area contributed by atoms with E-state index in [1.165, 1.54) is 30.2 Å². The summed E-state index contributed by atoms with van der Waals surface area (Å²) in [5.74, 6) is 1.03. The summed E-state index contributed by atoms with van der Waals surface area (Å²) in [5.41, 5.74) is 4.83. The summed E-state index contributed by atoms with van der Waals surface area (Å²) in [5, 5.41) is 8.98. The predicted molar refractivity (Wildman–Crippen MR) is 121 cm³/mol. The van der Waals surface area contributed by atoms with Gasteiger partial charge in [0.15, 0.2) is 0 Å². The van der Waals surface area contributed by atoms with Crippen LogP contribution in [0.3, 0.4) is 0 Å². The maximum atomic E-state index is 11.3. The number of allylic oxidation sites excluding steroid dienone is 2. The third-order valence-electron chi connectivity index (χ3n) is 6.11. The van der Waals surface area contributed by atoms with E-state index in [1.807, 2.05) is 12.1 Å². The molecular formula is C27H32O3. The molecule has 0 fully saturated rings. The van der Waals surface area contributed by atoms with Crippen molar-refractivity contribution >= 4 is 5.97 Å². The summed E-state index contributed by atoms with van der Waals surface area (Å²) in [6.45, 7) is 0.238. The lowest BCUT2D eigenvalue weighted by Gasteiger charge is -2.21. The number of carbonyl (C=O) groups is 1. The van der Waals surface area contributed by atoms with Crippen LogP contribution in [0.25, 0.3) is 0 Å². The number of esters is 1. The smallest absolute Gasteiger partial charge is 0.333 e. The van der Waals surface area contributed by atoms with Crippen LogP contribution in [0.5, 0.6) is 0 Å². The van der Waals surface area contributed by atoms with Gasteiger partial charge in [-0.1, -0.05) is 72.8 Å². The van der Waals surface area contributed by atoms with Gasteiger partial charge in [-0.05, 0) is 67.1 Å². The number of ether oxygens (including phenoxy) is 1. The van der Waals surface area contributed by atoms with Crippen LogP contribution < -0.4 is 0 Å². The highest BCUT2D eigenvalue weighted by Gasteiger charge is 2.20. The van der Waals surface area contributed by atoms with Crippen LogP contribution >= 0.6 is 0 Å². The number of hydrogen-bond donors (Lipinski definition) is 1. The van der Waals surface area contributed by atoms with E-state index in [9.17, 15) is 4.79 Å². The molecule has 2 aromatic carbocycles. The second kappa shape index (κ2) is 11.5. The minimum absolute atomic E-state index is 0.175. The largest absolute Gasteiger partial charge is 0.466 e. The predicted octanol–water partition coefficient (Wildman–Crippen LogP) is 5.93. The van der Waals surface area contributed by atoms with Gasteiger partial charge >= 0.3 is 5.97 Å². The van der Waals surface area contributed by atoms with E-state index in [-0.39, 0.29) is 12.6 Å². The van der Waals surface area contributed by atoms with E-state index in [0.29, 0.717) is 11.8 Å². The first-order valence-electron chi connectivity index (χ1n) is 10.9. The van der Waals surface area contributed by atoms with Crippen molar-refractivity contribution < 1.29 is 14.6 Å². The lowest BCUT2D eigenvalue weighted by Crippen LogP contribution is -2.11. The quantitative estimate of drug-likeness (QED) is 0.508. The van der Waals surface area contributed by atoms with Gasteiger partial charge in [-0.25, -0.2) is 4.79 Å². The van der Waals surface area contributed by atoms with Gasteiger partial charge in [0, 0.05) is 5.57 Å². The molecular weight excluding hydrogens is 372 g/mol. The van der Waals surface area contributed by atoms with E-state index < -0.39 is 0 Å². The fourth-order valence-corrected chi connectivity index (χ4v) is 4.24. The molecule has 2 aliphatic rings. The van der Waals surface area contributed by atoms with E-state index in [0.717, 1.165) is 37.7 Å². The normalized spacial score (nSPS) is 20.9. The third kappa shape index (κ3) is 6.17. The van der Waals surface area contributed by atoms with Gasteiger partial charge in [0.05, 0.1) is 13.7 Å². The van der Waals surface area contributed by atoms with Crippen molar-refractivity contribution in [1.82, 2.24) is 0 Å². The Morgan fingerprint density at radius 1 is 0.867 bits per heavy atom. The number of aliphatic hydroxyl groups is 1. The number of rotatable bonds is 4. The molecule has 0 saturated carbocycles. The van der Waals surface area contributed by atoms with E-state index in [2.05, 4.69) is 60.7 Å². The van der Waals surface area contributed by atoms with Crippen molar-refractivity contribution in [1.29, 1.82) is 0 Å². The van der Waals surface area contributed by atoms with Crippen molar-refractivity contribution in [2.75, 3.05) is 13.7 Å². The van der Waals surface area contributed by atoms with Crippen LogP contribution in [0, 0.1) is 0 Å². The summed E-state index contributed by atoms with van der Waals surface area (Å²) < 4.78 is 4.72. The maximum absolute atomic E-state index is 11.3. The van der Waals surface area contributed by atoms with Crippen LogP contribution in [0.4, 0.5) is 0 Å². The first-order valence-corrected chi connectivity index (χ1v) is 10.9. The van der Waals surface area contributed by atoms with E-state index in [1.54, 1.807) is 0 Å². The zero-order valence-corrected chi connectivity index (χ0v) is 17.8. The fourth-order valence-electron chi connectivity index (χ4n) is 4.24. The summed E-state index contributed by atoms with van der Waals surface area (Å²) >= 11 is 0. The molecule has 1 N–H and O–H groups in total. The first kappa shape index (κ1) is 22.0. The number of carbonyl (C=O) groups excluding carboxylic acids is 1. The van der Waals surface area contributed by atoms with Crippen LogP contribution in [-0.4, -0.2) is 24.8 Å². The monoisotopic (exact) mass is 404 g/mol. The highest BCUT2D eigenvalue weighted by atomic mass is 16.5. The average molecular weight is 405 g/mol. The minimum Gasteiger partial charge on any atom is -0.466 e. The number of methoxy groups -OCH3 is 1. The summed E-state index contributed by atoms with van der Waals surface area (Å²) in [4.78, 5) is 11.3. The highest BCUT2D eigenvalue weighted by molar-refractivity contribution is 5.88. The van der Waals surface area contributed by atoms with Crippen LogP contribution in [0.15, 0.2) is 84.0 Å². The van der Waals surface area contributed by atoms with Gasteiger partial charge in [0.2, 0.25) is 0 Å². The van der Waals surface area contributed by atoms with Gasteiger partial charge in [-0.3, -0.25) is 0 Å². The lowest BCUT2D eigenvalue weighted by atomic mass is 9.85. The molecule has 30 heavy (non-hydrogen) atoms. The Balaban J connectivity index is 0.000000172. The molecule has 2 atom stereocenters. The van der Waals surface area contributed by atoms with Gasteiger partial charge in [0.25, 0.3) is 0 Å². The fraction of sp³-hybridized carbons (Fsp3) is 0.370. The lowest BCUT2D eigenvalue weighted by molar-refractivity contribution is -0.136. The molecule has 0 aromatic heterocycles. The van der Waals surface area contributed by atoms with Gasteiger partial charge in [0.1, 0.15) is 0 Å². The van der Waals surface area contributed by atoms with E-state index >= 15 is 0 Å².